The number of aliphatic hydroxyl groups excluding tert-OH is 2. The molecule has 102 valence electrons. The highest BCUT2D eigenvalue weighted by Gasteiger charge is 2.19. The van der Waals surface area contributed by atoms with E-state index in [1.165, 1.54) is 6.92 Å². The van der Waals surface area contributed by atoms with E-state index in [1.807, 2.05) is 6.92 Å². The molecule has 0 aromatic rings. The van der Waals surface area contributed by atoms with Crippen molar-refractivity contribution < 1.29 is 24.5 Å². The fourth-order valence-corrected chi connectivity index (χ4v) is 1.04. The van der Waals surface area contributed by atoms with Crippen LogP contribution in [0, 0.1) is 0 Å². The number of nitrogens with one attached hydrogen (secondary N) is 1. The van der Waals surface area contributed by atoms with Crippen molar-refractivity contribution in [1.29, 1.82) is 0 Å². The molecule has 1 amide bonds. The van der Waals surface area contributed by atoms with Gasteiger partial charge in [-0.3, -0.25) is 4.79 Å². The molecule has 0 aliphatic heterocycles. The lowest BCUT2D eigenvalue weighted by Gasteiger charge is -2.13. The molecule has 0 bridgehead atoms. The highest BCUT2D eigenvalue weighted by atomic mass is 16.5. The Kier molecular flexibility index (Phi) is 10.0. The first-order valence-corrected chi connectivity index (χ1v) is 5.89. The summed E-state index contributed by atoms with van der Waals surface area (Å²) in [6, 6.07) is 0. The van der Waals surface area contributed by atoms with E-state index in [1.54, 1.807) is 0 Å². The Hall–Kier alpha value is -0.690. The van der Waals surface area contributed by atoms with Gasteiger partial charge in [-0.15, -0.1) is 0 Å². The third-order valence-electron chi connectivity index (χ3n) is 1.99. The number of ether oxygens (including phenoxy) is 2. The topological polar surface area (TPSA) is 88.0 Å². The second-order valence-corrected chi connectivity index (χ2v) is 3.70. The molecule has 0 aliphatic carbocycles. The minimum atomic E-state index is -1.39. The zero-order valence-electron chi connectivity index (χ0n) is 10.5. The third-order valence-corrected chi connectivity index (χ3v) is 1.99. The number of aliphatic hydroxyl groups is 2. The molecular formula is C11H23NO5. The molecule has 0 saturated heterocycles. The molecule has 0 aromatic carbocycles. The summed E-state index contributed by atoms with van der Waals surface area (Å²) in [5.74, 6) is -0.592. The number of hydrogen-bond donors (Lipinski definition) is 3. The van der Waals surface area contributed by atoms with E-state index < -0.39 is 18.1 Å². The standard InChI is InChI=1S/C11H23NO5/c1-3-5-16-7-8-17-6-4-12-11(15)10(14)9(2)13/h9-10,13-14H,3-8H2,1-2H3,(H,12,15)/t9-,10?/m1/s1. The van der Waals surface area contributed by atoms with Gasteiger partial charge < -0.3 is 25.0 Å². The molecule has 0 heterocycles. The van der Waals surface area contributed by atoms with Crippen LogP contribution < -0.4 is 5.32 Å². The molecule has 0 radical (unpaired) electrons. The molecule has 0 fully saturated rings. The molecule has 0 spiro atoms. The van der Waals surface area contributed by atoms with Crippen LogP contribution in [0.1, 0.15) is 20.3 Å². The first kappa shape index (κ1) is 16.3. The lowest BCUT2D eigenvalue weighted by molar-refractivity contribution is -0.134. The first-order valence-electron chi connectivity index (χ1n) is 5.89. The fourth-order valence-electron chi connectivity index (χ4n) is 1.04. The van der Waals surface area contributed by atoms with Crippen molar-refractivity contribution in [3.63, 3.8) is 0 Å². The number of hydrogen-bond acceptors (Lipinski definition) is 5. The van der Waals surface area contributed by atoms with Crippen molar-refractivity contribution in [3.8, 4) is 0 Å². The van der Waals surface area contributed by atoms with Gasteiger partial charge in [0.25, 0.3) is 5.91 Å². The molecule has 2 atom stereocenters. The van der Waals surface area contributed by atoms with Crippen LogP contribution in [0.2, 0.25) is 0 Å². The van der Waals surface area contributed by atoms with Gasteiger partial charge >= 0.3 is 0 Å². The third kappa shape index (κ3) is 9.05. The highest BCUT2D eigenvalue weighted by molar-refractivity contribution is 5.80. The molecule has 0 saturated carbocycles. The minimum Gasteiger partial charge on any atom is -0.390 e. The predicted octanol–water partition coefficient (Wildman–Crippen LogP) is -0.712. The zero-order chi connectivity index (χ0) is 13.1. The van der Waals surface area contributed by atoms with Crippen molar-refractivity contribution >= 4 is 5.91 Å². The monoisotopic (exact) mass is 249 g/mol. The largest absolute Gasteiger partial charge is 0.390 e. The summed E-state index contributed by atoms with van der Waals surface area (Å²) in [6.45, 7) is 5.79. The summed E-state index contributed by atoms with van der Waals surface area (Å²) < 4.78 is 10.4. The average Bonchev–Trinajstić information content (AvgIpc) is 2.31. The Bertz CT molecular complexity index is 198. The maximum Gasteiger partial charge on any atom is 0.251 e. The fraction of sp³-hybridized carbons (Fsp3) is 0.909. The maximum atomic E-state index is 11.2. The lowest BCUT2D eigenvalue weighted by atomic mass is 10.2. The average molecular weight is 249 g/mol. The second kappa shape index (κ2) is 10.5. The molecule has 0 aliphatic rings. The van der Waals surface area contributed by atoms with E-state index in [4.69, 9.17) is 14.6 Å². The van der Waals surface area contributed by atoms with Crippen LogP contribution in [-0.2, 0) is 14.3 Å². The first-order chi connectivity index (χ1) is 8.09. The molecule has 17 heavy (non-hydrogen) atoms. The quantitative estimate of drug-likeness (QED) is 0.445. The van der Waals surface area contributed by atoms with Gasteiger partial charge in [0.15, 0.2) is 6.10 Å². The van der Waals surface area contributed by atoms with E-state index in [-0.39, 0.29) is 0 Å². The van der Waals surface area contributed by atoms with Gasteiger partial charge in [-0.1, -0.05) is 6.92 Å². The van der Waals surface area contributed by atoms with E-state index in [0.29, 0.717) is 26.4 Å². The Morgan fingerprint density at radius 3 is 2.29 bits per heavy atom. The summed E-state index contributed by atoms with van der Waals surface area (Å²) in [6.07, 6.45) is -1.48. The molecule has 0 rings (SSSR count). The molecule has 0 aromatic heterocycles. The molecule has 6 heteroatoms. The molecular weight excluding hydrogens is 226 g/mol. The summed E-state index contributed by atoms with van der Waals surface area (Å²) >= 11 is 0. The Balaban J connectivity index is 3.31. The number of carbonyl (C=O) groups excluding carboxylic acids is 1. The smallest absolute Gasteiger partial charge is 0.251 e. The van der Waals surface area contributed by atoms with Crippen molar-refractivity contribution in [2.75, 3.05) is 33.0 Å². The van der Waals surface area contributed by atoms with Crippen molar-refractivity contribution in [1.82, 2.24) is 5.32 Å². The molecule has 3 N–H and O–H groups in total. The Morgan fingerprint density at radius 1 is 1.18 bits per heavy atom. The predicted molar refractivity (Wildman–Crippen MR) is 62.6 cm³/mol. The molecule has 6 nitrogen and oxygen atoms in total. The van der Waals surface area contributed by atoms with Crippen LogP contribution in [0.3, 0.4) is 0 Å². The zero-order valence-corrected chi connectivity index (χ0v) is 10.5. The normalized spacial score (nSPS) is 14.4. The SMILES string of the molecule is CCCOCCOCCNC(=O)C(O)[C@@H](C)O. The van der Waals surface area contributed by atoms with Gasteiger partial charge in [0, 0.05) is 13.2 Å². The van der Waals surface area contributed by atoms with E-state index in [9.17, 15) is 9.90 Å². The van der Waals surface area contributed by atoms with Crippen molar-refractivity contribution in [2.45, 2.75) is 32.5 Å². The van der Waals surface area contributed by atoms with Gasteiger partial charge in [-0.05, 0) is 13.3 Å². The van der Waals surface area contributed by atoms with Gasteiger partial charge in [0.05, 0.1) is 25.9 Å². The van der Waals surface area contributed by atoms with Crippen molar-refractivity contribution in [3.05, 3.63) is 0 Å². The van der Waals surface area contributed by atoms with Gasteiger partial charge in [0.1, 0.15) is 0 Å². The van der Waals surface area contributed by atoms with Crippen molar-refractivity contribution in [2.24, 2.45) is 0 Å². The van der Waals surface area contributed by atoms with Gasteiger partial charge in [-0.2, -0.15) is 0 Å². The van der Waals surface area contributed by atoms with E-state index in [0.717, 1.165) is 13.0 Å². The summed E-state index contributed by atoms with van der Waals surface area (Å²) in [5, 5.41) is 20.6. The number of amides is 1. The minimum absolute atomic E-state index is 0.302. The second-order valence-electron chi connectivity index (χ2n) is 3.70. The van der Waals surface area contributed by atoms with Crippen LogP contribution in [0.15, 0.2) is 0 Å². The van der Waals surface area contributed by atoms with Crippen LogP contribution in [0.25, 0.3) is 0 Å². The maximum absolute atomic E-state index is 11.2. The Labute approximate surface area is 102 Å². The van der Waals surface area contributed by atoms with E-state index in [2.05, 4.69) is 5.32 Å². The number of carbonyl (C=O) groups is 1. The summed E-state index contributed by atoms with van der Waals surface area (Å²) in [4.78, 5) is 11.2. The van der Waals surface area contributed by atoms with Crippen LogP contribution in [-0.4, -0.2) is 61.3 Å². The highest BCUT2D eigenvalue weighted by Crippen LogP contribution is 1.91. The van der Waals surface area contributed by atoms with Gasteiger partial charge in [0.2, 0.25) is 0 Å². The lowest BCUT2D eigenvalue weighted by Crippen LogP contribution is -2.42. The Morgan fingerprint density at radius 2 is 1.76 bits per heavy atom. The summed E-state index contributed by atoms with van der Waals surface area (Å²) in [7, 11) is 0. The van der Waals surface area contributed by atoms with Gasteiger partial charge in [-0.25, -0.2) is 0 Å². The van der Waals surface area contributed by atoms with Crippen LogP contribution in [0.5, 0.6) is 0 Å². The number of rotatable bonds is 10. The van der Waals surface area contributed by atoms with Crippen LogP contribution in [0.4, 0.5) is 0 Å². The summed E-state index contributed by atoms with van der Waals surface area (Å²) in [5.41, 5.74) is 0. The van der Waals surface area contributed by atoms with E-state index >= 15 is 0 Å². The molecule has 1 unspecified atom stereocenters. The van der Waals surface area contributed by atoms with Crippen LogP contribution >= 0.6 is 0 Å².